The van der Waals surface area contributed by atoms with Crippen LogP contribution in [0.15, 0.2) is 27.6 Å². The van der Waals surface area contributed by atoms with Crippen molar-refractivity contribution in [3.05, 3.63) is 22.7 Å². The third kappa shape index (κ3) is 4.27. The maximum Gasteiger partial charge on any atom is 0.244 e. The molecule has 0 heterocycles. The lowest BCUT2D eigenvalue weighted by Crippen LogP contribution is -2.48. The van der Waals surface area contributed by atoms with Crippen LogP contribution in [0.1, 0.15) is 26.7 Å². The van der Waals surface area contributed by atoms with Gasteiger partial charge in [0.25, 0.3) is 0 Å². The van der Waals surface area contributed by atoms with Crippen LogP contribution in [0.4, 0.5) is 5.69 Å². The number of halogens is 1. The second-order valence-electron chi connectivity index (χ2n) is 4.81. The topological polar surface area (TPSA) is 115 Å². The molecule has 112 valence electrons. The maximum atomic E-state index is 12.1. The summed E-state index contributed by atoms with van der Waals surface area (Å²) in [5.74, 6) is -0.330. The molecule has 0 aliphatic rings. The van der Waals surface area contributed by atoms with Crippen LogP contribution in [0.5, 0.6) is 0 Å². The van der Waals surface area contributed by atoms with E-state index in [9.17, 15) is 13.2 Å². The van der Waals surface area contributed by atoms with Crippen molar-refractivity contribution in [2.24, 2.45) is 10.9 Å². The molecule has 1 rings (SSSR count). The number of hydrogen-bond donors (Lipinski definition) is 3. The van der Waals surface area contributed by atoms with Crippen LogP contribution in [0.25, 0.3) is 0 Å². The molecular weight excluding hydrogens is 346 g/mol. The first-order chi connectivity index (χ1) is 9.08. The van der Waals surface area contributed by atoms with Crippen LogP contribution in [0, 0.1) is 0 Å². The molecule has 1 aromatic carbocycles. The van der Waals surface area contributed by atoms with E-state index in [0.29, 0.717) is 16.6 Å². The number of anilines is 1. The molecule has 0 bridgehead atoms. The fourth-order valence-corrected chi connectivity index (χ4v) is 2.84. The number of primary sulfonamides is 1. The molecule has 1 amide bonds. The summed E-state index contributed by atoms with van der Waals surface area (Å²) in [6.45, 7) is 3.59. The number of hydrogen-bond acceptors (Lipinski definition) is 4. The van der Waals surface area contributed by atoms with Crippen molar-refractivity contribution in [3.8, 4) is 0 Å². The first-order valence-electron chi connectivity index (χ1n) is 6.00. The summed E-state index contributed by atoms with van der Waals surface area (Å²) >= 11 is 3.20. The molecule has 1 unspecified atom stereocenters. The molecule has 0 saturated carbocycles. The Bertz CT molecular complexity index is 614. The Balaban J connectivity index is 2.98. The fraction of sp³-hybridized carbons (Fsp3) is 0.417. The summed E-state index contributed by atoms with van der Waals surface area (Å²) in [7, 11) is -3.77. The monoisotopic (exact) mass is 363 g/mol. The van der Waals surface area contributed by atoms with Crippen molar-refractivity contribution in [3.63, 3.8) is 0 Å². The number of nitrogens with two attached hydrogens (primary N) is 2. The lowest BCUT2D eigenvalue weighted by molar-refractivity contribution is -0.120. The van der Waals surface area contributed by atoms with Crippen molar-refractivity contribution in [2.75, 3.05) is 5.32 Å². The summed E-state index contributed by atoms with van der Waals surface area (Å²) in [5.41, 5.74) is 5.39. The quantitative estimate of drug-likeness (QED) is 0.735. The van der Waals surface area contributed by atoms with Gasteiger partial charge >= 0.3 is 0 Å². The van der Waals surface area contributed by atoms with E-state index >= 15 is 0 Å². The molecule has 0 radical (unpaired) electrons. The number of sulfonamides is 1. The minimum atomic E-state index is -3.77. The Labute approximate surface area is 127 Å². The highest BCUT2D eigenvalue weighted by atomic mass is 79.9. The number of benzene rings is 1. The average Bonchev–Trinajstić information content (AvgIpc) is 2.30. The Morgan fingerprint density at radius 2 is 2.05 bits per heavy atom. The predicted molar refractivity (Wildman–Crippen MR) is 81.6 cm³/mol. The van der Waals surface area contributed by atoms with Crippen LogP contribution in [0.2, 0.25) is 0 Å². The molecule has 1 atom stereocenters. The summed E-state index contributed by atoms with van der Waals surface area (Å²) < 4.78 is 22.8. The van der Waals surface area contributed by atoms with Gasteiger partial charge in [-0.3, -0.25) is 4.79 Å². The number of nitrogens with one attached hydrogen (secondary N) is 1. The van der Waals surface area contributed by atoms with Gasteiger partial charge in [0.05, 0.1) is 16.1 Å². The normalized spacial score (nSPS) is 14.7. The van der Waals surface area contributed by atoms with E-state index in [2.05, 4.69) is 21.2 Å². The molecule has 0 fully saturated rings. The Hall–Kier alpha value is -0.960. The molecule has 0 aliphatic heterocycles. The standard InChI is InChI=1S/C12H18BrN3O3S/c1-3-6-12(2,14)11(17)16-10-5-4-8(7-9(10)13)20(15,18)19/h4-5,7H,3,6,14H2,1-2H3,(H,16,17)(H2,15,18,19). The van der Waals surface area contributed by atoms with E-state index in [0.717, 1.165) is 6.42 Å². The van der Waals surface area contributed by atoms with E-state index in [1.807, 2.05) is 6.92 Å². The van der Waals surface area contributed by atoms with Crippen LogP contribution in [-0.2, 0) is 14.8 Å². The molecule has 5 N–H and O–H groups in total. The Morgan fingerprint density at radius 3 is 2.50 bits per heavy atom. The van der Waals surface area contributed by atoms with Crippen molar-refractivity contribution < 1.29 is 13.2 Å². The van der Waals surface area contributed by atoms with Crippen molar-refractivity contribution in [2.45, 2.75) is 37.1 Å². The van der Waals surface area contributed by atoms with Gasteiger partial charge in [-0.1, -0.05) is 13.3 Å². The van der Waals surface area contributed by atoms with Gasteiger partial charge in [0, 0.05) is 4.47 Å². The van der Waals surface area contributed by atoms with Gasteiger partial charge in [0.15, 0.2) is 0 Å². The first-order valence-corrected chi connectivity index (χ1v) is 8.34. The minimum absolute atomic E-state index is 0.0357. The Kier molecular flexibility index (Phi) is 5.31. The second-order valence-corrected chi connectivity index (χ2v) is 7.22. The summed E-state index contributed by atoms with van der Waals surface area (Å²) in [5, 5.41) is 7.70. The van der Waals surface area contributed by atoms with Gasteiger partial charge < -0.3 is 11.1 Å². The molecule has 0 spiro atoms. The summed E-state index contributed by atoms with van der Waals surface area (Å²) in [6.07, 6.45) is 1.33. The van der Waals surface area contributed by atoms with Crippen molar-refractivity contribution in [1.82, 2.24) is 0 Å². The highest BCUT2D eigenvalue weighted by molar-refractivity contribution is 9.10. The maximum absolute atomic E-state index is 12.1. The van der Waals surface area contributed by atoms with E-state index in [4.69, 9.17) is 10.9 Å². The van der Waals surface area contributed by atoms with E-state index in [-0.39, 0.29) is 10.8 Å². The molecule has 0 saturated heterocycles. The molecule has 20 heavy (non-hydrogen) atoms. The van der Waals surface area contributed by atoms with Gasteiger partial charge in [-0.25, -0.2) is 13.6 Å². The van der Waals surface area contributed by atoms with Gasteiger partial charge in [0.2, 0.25) is 15.9 Å². The zero-order valence-electron chi connectivity index (χ0n) is 11.3. The predicted octanol–water partition coefficient (Wildman–Crippen LogP) is 1.55. The third-order valence-electron chi connectivity index (χ3n) is 2.81. The Morgan fingerprint density at radius 1 is 1.45 bits per heavy atom. The average molecular weight is 364 g/mol. The van der Waals surface area contributed by atoms with Gasteiger partial charge in [0.1, 0.15) is 0 Å². The van der Waals surface area contributed by atoms with Gasteiger partial charge in [-0.15, -0.1) is 0 Å². The smallest absolute Gasteiger partial charge is 0.244 e. The van der Waals surface area contributed by atoms with Crippen LogP contribution in [0.3, 0.4) is 0 Å². The fourth-order valence-electron chi connectivity index (χ4n) is 1.67. The van der Waals surface area contributed by atoms with Crippen LogP contribution in [-0.4, -0.2) is 19.9 Å². The van der Waals surface area contributed by atoms with E-state index in [1.54, 1.807) is 6.92 Å². The number of carbonyl (C=O) groups excluding carboxylic acids is 1. The first kappa shape index (κ1) is 17.1. The van der Waals surface area contributed by atoms with Crippen molar-refractivity contribution in [1.29, 1.82) is 0 Å². The second kappa shape index (κ2) is 6.21. The molecule has 0 aliphatic carbocycles. The van der Waals surface area contributed by atoms with Gasteiger partial charge in [-0.05, 0) is 47.5 Å². The molecular formula is C12H18BrN3O3S. The van der Waals surface area contributed by atoms with E-state index < -0.39 is 15.6 Å². The van der Waals surface area contributed by atoms with Crippen LogP contribution < -0.4 is 16.2 Å². The number of carbonyl (C=O) groups is 1. The summed E-state index contributed by atoms with van der Waals surface area (Å²) in [4.78, 5) is 12.0. The SMILES string of the molecule is CCCC(C)(N)C(=O)Nc1ccc(S(N)(=O)=O)cc1Br. The largest absolute Gasteiger partial charge is 0.323 e. The van der Waals surface area contributed by atoms with Crippen LogP contribution >= 0.6 is 15.9 Å². The van der Waals surface area contributed by atoms with Gasteiger partial charge in [-0.2, -0.15) is 0 Å². The van der Waals surface area contributed by atoms with E-state index in [1.165, 1.54) is 18.2 Å². The molecule has 6 nitrogen and oxygen atoms in total. The zero-order valence-corrected chi connectivity index (χ0v) is 13.7. The highest BCUT2D eigenvalue weighted by Crippen LogP contribution is 2.26. The molecule has 1 aromatic rings. The van der Waals surface area contributed by atoms with Crippen molar-refractivity contribution >= 4 is 37.5 Å². The summed E-state index contributed by atoms with van der Waals surface area (Å²) in [6, 6.07) is 4.12. The third-order valence-corrected chi connectivity index (χ3v) is 4.37. The zero-order chi connectivity index (χ0) is 15.6. The molecule has 0 aromatic heterocycles. The lowest BCUT2D eigenvalue weighted by Gasteiger charge is -2.23. The highest BCUT2D eigenvalue weighted by Gasteiger charge is 2.27. The lowest BCUT2D eigenvalue weighted by atomic mass is 9.96. The minimum Gasteiger partial charge on any atom is -0.323 e. The number of amides is 1. The number of rotatable bonds is 5. The molecule has 8 heteroatoms.